The Morgan fingerprint density at radius 1 is 1.42 bits per heavy atom. The van der Waals surface area contributed by atoms with Gasteiger partial charge in [0.2, 0.25) is 0 Å². The van der Waals surface area contributed by atoms with E-state index in [2.05, 4.69) is 10.2 Å². The maximum absolute atomic E-state index is 11.2. The molecule has 1 aromatic heterocycles. The van der Waals surface area contributed by atoms with E-state index in [1.165, 1.54) is 0 Å². The summed E-state index contributed by atoms with van der Waals surface area (Å²) in [5.41, 5.74) is 7.13. The molecule has 0 amide bonds. The van der Waals surface area contributed by atoms with Crippen molar-refractivity contribution in [1.82, 2.24) is 10.2 Å². The van der Waals surface area contributed by atoms with E-state index in [-0.39, 0.29) is 5.56 Å². The maximum atomic E-state index is 11.2. The first-order valence-electron chi connectivity index (χ1n) is 4.16. The fourth-order valence-electron chi connectivity index (χ4n) is 1.28. The van der Waals surface area contributed by atoms with Crippen LogP contribution in [0, 0.1) is 0 Å². The van der Waals surface area contributed by atoms with Crippen LogP contribution in [0.4, 0.5) is 0 Å². The van der Waals surface area contributed by atoms with Gasteiger partial charge in [-0.05, 0) is 18.9 Å². The second-order valence-electron chi connectivity index (χ2n) is 3.16. The van der Waals surface area contributed by atoms with Crippen molar-refractivity contribution in [1.29, 1.82) is 0 Å². The summed E-state index contributed by atoms with van der Waals surface area (Å²) in [6.07, 6.45) is 0.645. The number of nitrogens with one attached hydrogen (secondary N) is 2. The van der Waals surface area contributed by atoms with E-state index in [1.807, 2.05) is 13.8 Å². The van der Waals surface area contributed by atoms with E-state index in [9.17, 15) is 4.79 Å². The summed E-state index contributed by atoms with van der Waals surface area (Å²) in [6, 6.07) is 0. The van der Waals surface area contributed by atoms with Crippen LogP contribution in [0.15, 0.2) is 4.79 Å². The van der Waals surface area contributed by atoms with Crippen LogP contribution in [0.3, 0.4) is 0 Å². The molecular weight excluding hydrogens is 154 g/mol. The Morgan fingerprint density at radius 3 is 2.58 bits per heavy atom. The normalized spacial score (nSPS) is 11.0. The van der Waals surface area contributed by atoms with Gasteiger partial charge in [0.25, 0.3) is 5.56 Å². The molecule has 4 heteroatoms. The van der Waals surface area contributed by atoms with Crippen molar-refractivity contribution >= 4 is 0 Å². The van der Waals surface area contributed by atoms with Gasteiger partial charge in [0.1, 0.15) is 0 Å². The van der Waals surface area contributed by atoms with E-state index in [0.717, 1.165) is 11.3 Å². The van der Waals surface area contributed by atoms with Crippen LogP contribution in [0.1, 0.15) is 31.0 Å². The van der Waals surface area contributed by atoms with Crippen LogP contribution in [0.2, 0.25) is 0 Å². The van der Waals surface area contributed by atoms with Gasteiger partial charge in [0.05, 0.1) is 0 Å². The van der Waals surface area contributed by atoms with E-state index in [4.69, 9.17) is 5.73 Å². The van der Waals surface area contributed by atoms with Gasteiger partial charge in [-0.1, -0.05) is 13.8 Å². The largest absolute Gasteiger partial charge is 0.330 e. The van der Waals surface area contributed by atoms with Gasteiger partial charge in [-0.3, -0.25) is 9.89 Å². The number of hydrogen-bond acceptors (Lipinski definition) is 2. The minimum Gasteiger partial charge on any atom is -0.330 e. The SMILES string of the molecule is CC(C)c1[nH][nH]c(=O)c1CCN. The van der Waals surface area contributed by atoms with Gasteiger partial charge in [-0.25, -0.2) is 0 Å². The van der Waals surface area contributed by atoms with Crippen molar-refractivity contribution in [3.63, 3.8) is 0 Å². The molecule has 0 saturated carbocycles. The molecule has 4 nitrogen and oxygen atoms in total. The summed E-state index contributed by atoms with van der Waals surface area (Å²) in [5, 5.41) is 5.43. The van der Waals surface area contributed by atoms with Crippen molar-refractivity contribution in [3.8, 4) is 0 Å². The molecule has 0 bridgehead atoms. The molecule has 1 rings (SSSR count). The summed E-state index contributed by atoms with van der Waals surface area (Å²) in [4.78, 5) is 11.2. The first kappa shape index (κ1) is 9.06. The van der Waals surface area contributed by atoms with Crippen LogP contribution in [-0.4, -0.2) is 16.7 Å². The Bertz CT molecular complexity index is 297. The maximum Gasteiger partial charge on any atom is 0.267 e. The first-order valence-corrected chi connectivity index (χ1v) is 4.16. The molecule has 0 aliphatic carbocycles. The van der Waals surface area contributed by atoms with Crippen LogP contribution in [0.5, 0.6) is 0 Å². The van der Waals surface area contributed by atoms with Gasteiger partial charge < -0.3 is 10.8 Å². The third-order valence-electron chi connectivity index (χ3n) is 1.88. The zero-order valence-electron chi connectivity index (χ0n) is 7.48. The van der Waals surface area contributed by atoms with Crippen LogP contribution in [0.25, 0.3) is 0 Å². The highest BCUT2D eigenvalue weighted by Gasteiger charge is 2.11. The second kappa shape index (κ2) is 3.58. The molecule has 1 heterocycles. The van der Waals surface area contributed by atoms with E-state index >= 15 is 0 Å². The van der Waals surface area contributed by atoms with Crippen molar-refractivity contribution in [2.24, 2.45) is 5.73 Å². The topological polar surface area (TPSA) is 74.7 Å². The third-order valence-corrected chi connectivity index (χ3v) is 1.88. The number of hydrogen-bond donors (Lipinski definition) is 3. The average Bonchev–Trinajstić information content (AvgIpc) is 2.34. The molecule has 0 radical (unpaired) electrons. The van der Waals surface area contributed by atoms with Crippen LogP contribution >= 0.6 is 0 Å². The highest BCUT2D eigenvalue weighted by atomic mass is 16.1. The Labute approximate surface area is 71.2 Å². The lowest BCUT2D eigenvalue weighted by molar-refractivity contribution is 0.791. The van der Waals surface area contributed by atoms with Crippen molar-refractivity contribution in [3.05, 3.63) is 21.6 Å². The summed E-state index contributed by atoms with van der Waals surface area (Å²) in [5.74, 6) is 0.338. The summed E-state index contributed by atoms with van der Waals surface area (Å²) in [7, 11) is 0. The smallest absolute Gasteiger partial charge is 0.267 e. The zero-order valence-corrected chi connectivity index (χ0v) is 7.48. The first-order chi connectivity index (χ1) is 5.66. The Balaban J connectivity index is 3.04. The fourth-order valence-corrected chi connectivity index (χ4v) is 1.28. The molecular formula is C8H15N3O. The van der Waals surface area contributed by atoms with Gasteiger partial charge in [-0.2, -0.15) is 0 Å². The summed E-state index contributed by atoms with van der Waals surface area (Å²) < 4.78 is 0. The lowest BCUT2D eigenvalue weighted by Crippen LogP contribution is -2.13. The second-order valence-corrected chi connectivity index (χ2v) is 3.16. The molecule has 0 atom stereocenters. The predicted octanol–water partition coefficient (Wildman–Crippen LogP) is 0.328. The van der Waals surface area contributed by atoms with Gasteiger partial charge in [0, 0.05) is 11.3 Å². The molecule has 0 aliphatic rings. The van der Waals surface area contributed by atoms with Crippen LogP contribution in [-0.2, 0) is 6.42 Å². The number of aromatic amines is 2. The minimum atomic E-state index is -0.0378. The van der Waals surface area contributed by atoms with E-state index < -0.39 is 0 Å². The molecule has 68 valence electrons. The van der Waals surface area contributed by atoms with Gasteiger partial charge in [0.15, 0.2) is 0 Å². The Hall–Kier alpha value is -1.03. The van der Waals surface area contributed by atoms with Crippen molar-refractivity contribution < 1.29 is 0 Å². The van der Waals surface area contributed by atoms with Crippen LogP contribution < -0.4 is 11.3 Å². The summed E-state index contributed by atoms with van der Waals surface area (Å²) >= 11 is 0. The van der Waals surface area contributed by atoms with Gasteiger partial charge in [-0.15, -0.1) is 0 Å². The monoisotopic (exact) mass is 169 g/mol. The molecule has 1 aromatic rings. The number of rotatable bonds is 3. The molecule has 0 saturated heterocycles. The highest BCUT2D eigenvalue weighted by Crippen LogP contribution is 2.12. The van der Waals surface area contributed by atoms with Gasteiger partial charge >= 0.3 is 0 Å². The molecule has 0 aromatic carbocycles. The van der Waals surface area contributed by atoms with Crippen molar-refractivity contribution in [2.75, 3.05) is 6.54 Å². The number of nitrogens with two attached hydrogens (primary N) is 1. The molecule has 0 fully saturated rings. The predicted molar refractivity (Wildman–Crippen MR) is 48.3 cm³/mol. The molecule has 0 spiro atoms. The Kier molecular flexibility index (Phi) is 2.70. The lowest BCUT2D eigenvalue weighted by atomic mass is 10.0. The molecule has 0 unspecified atom stereocenters. The number of aromatic nitrogens is 2. The fraction of sp³-hybridized carbons (Fsp3) is 0.625. The summed E-state index contributed by atoms with van der Waals surface area (Å²) in [6.45, 7) is 4.60. The Morgan fingerprint density at radius 2 is 2.08 bits per heavy atom. The molecule has 0 aliphatic heterocycles. The third kappa shape index (κ3) is 1.58. The molecule has 4 N–H and O–H groups in total. The quantitative estimate of drug-likeness (QED) is 0.610. The minimum absolute atomic E-state index is 0.0378. The zero-order chi connectivity index (χ0) is 9.14. The molecule has 12 heavy (non-hydrogen) atoms. The van der Waals surface area contributed by atoms with E-state index in [1.54, 1.807) is 0 Å². The van der Waals surface area contributed by atoms with E-state index in [0.29, 0.717) is 18.9 Å². The average molecular weight is 169 g/mol. The number of H-pyrrole nitrogens is 2. The highest BCUT2D eigenvalue weighted by molar-refractivity contribution is 5.19. The standard InChI is InChI=1S/C8H15N3O/c1-5(2)7-6(3-4-9)8(12)11-10-7/h5H,3-4,9H2,1-2H3,(H2,10,11,12). The van der Waals surface area contributed by atoms with Crippen molar-refractivity contribution in [2.45, 2.75) is 26.2 Å². The lowest BCUT2D eigenvalue weighted by Gasteiger charge is -2.03.